The summed E-state index contributed by atoms with van der Waals surface area (Å²) in [5.74, 6) is -1.27. The minimum absolute atomic E-state index is 0.206. The van der Waals surface area contributed by atoms with E-state index in [0.29, 0.717) is 25.8 Å². The number of hydrogen-bond acceptors (Lipinski definition) is 8. The second kappa shape index (κ2) is 8.86. The van der Waals surface area contributed by atoms with Gasteiger partial charge in [-0.2, -0.15) is 5.26 Å². The molecule has 3 rings (SSSR count). The first kappa shape index (κ1) is 24.3. The number of nitrogens with one attached hydrogen (secondary N) is 1. The number of likely N-dealkylation sites (tertiary alicyclic amines) is 2. The van der Waals surface area contributed by atoms with Gasteiger partial charge >= 0.3 is 6.09 Å². The smallest absolute Gasteiger partial charge is 0.411 e. The summed E-state index contributed by atoms with van der Waals surface area (Å²) in [6.07, 6.45) is 1.97. The predicted octanol–water partition coefficient (Wildman–Crippen LogP) is 0.360. The Bertz CT molecular complexity index is 923. The van der Waals surface area contributed by atoms with E-state index >= 15 is 0 Å². The van der Waals surface area contributed by atoms with Crippen LogP contribution in [-0.2, 0) is 29.1 Å². The number of nitrogens with zero attached hydrogens (tertiary/aromatic N) is 3. The van der Waals surface area contributed by atoms with Crippen LogP contribution in [0.2, 0.25) is 0 Å². The summed E-state index contributed by atoms with van der Waals surface area (Å²) in [4.78, 5) is 41.2. The molecule has 2 bridgehead atoms. The van der Waals surface area contributed by atoms with Gasteiger partial charge in [-0.25, -0.2) is 13.2 Å². The molecule has 5 atom stereocenters. The van der Waals surface area contributed by atoms with Crippen molar-refractivity contribution in [1.29, 1.82) is 5.26 Å². The highest BCUT2D eigenvalue weighted by atomic mass is 32.2. The minimum atomic E-state index is -3.70. The summed E-state index contributed by atoms with van der Waals surface area (Å²) in [6, 6.07) is 0.407. The van der Waals surface area contributed by atoms with Crippen molar-refractivity contribution in [3.05, 3.63) is 0 Å². The van der Waals surface area contributed by atoms with Crippen LogP contribution in [0.5, 0.6) is 0 Å². The number of carbonyl (C=O) groups excluding carboxylic acids is 3. The van der Waals surface area contributed by atoms with E-state index in [1.165, 1.54) is 9.80 Å². The Kier molecular flexibility index (Phi) is 6.72. The van der Waals surface area contributed by atoms with E-state index in [9.17, 15) is 28.1 Å². The molecule has 0 aromatic rings. The number of rotatable bonds is 5. The molecule has 2 aliphatic heterocycles. The first-order valence-electron chi connectivity index (χ1n) is 10.6. The lowest BCUT2D eigenvalue weighted by molar-refractivity contribution is -0.142. The van der Waals surface area contributed by atoms with Crippen LogP contribution in [0.15, 0.2) is 0 Å². The number of carbonyl (C=O) groups is 3. The molecule has 0 aromatic carbocycles. The molecular formula is C20H30N4O7S. The number of amides is 3. The van der Waals surface area contributed by atoms with Gasteiger partial charge in [0.05, 0.1) is 24.5 Å². The molecule has 0 unspecified atom stereocenters. The van der Waals surface area contributed by atoms with Crippen molar-refractivity contribution >= 4 is 27.9 Å². The molecule has 12 heteroatoms. The van der Waals surface area contributed by atoms with E-state index < -0.39 is 58.5 Å². The summed E-state index contributed by atoms with van der Waals surface area (Å²) in [7, 11) is -3.70. The maximum atomic E-state index is 13.4. The van der Waals surface area contributed by atoms with Crippen molar-refractivity contribution in [2.24, 2.45) is 5.92 Å². The normalized spacial score (nSPS) is 29.7. The molecule has 3 fully saturated rings. The van der Waals surface area contributed by atoms with E-state index in [1.807, 2.05) is 4.72 Å². The Labute approximate surface area is 188 Å². The first-order valence-corrected chi connectivity index (χ1v) is 12.5. The average Bonchev–Trinajstić information content (AvgIpc) is 3.36. The highest BCUT2D eigenvalue weighted by Gasteiger charge is 2.58. The molecule has 1 aliphatic carbocycles. The van der Waals surface area contributed by atoms with Crippen LogP contribution >= 0.6 is 0 Å². The Balaban J connectivity index is 1.77. The van der Waals surface area contributed by atoms with Gasteiger partial charge in [-0.1, -0.05) is 0 Å². The Morgan fingerprint density at radius 1 is 1.22 bits per heavy atom. The second-order valence-electron chi connectivity index (χ2n) is 9.60. The van der Waals surface area contributed by atoms with Gasteiger partial charge < -0.3 is 14.4 Å². The Morgan fingerprint density at radius 2 is 1.91 bits per heavy atom. The number of ether oxygens (including phenoxy) is 2. The van der Waals surface area contributed by atoms with Crippen molar-refractivity contribution in [3.8, 4) is 6.07 Å². The SMILES string of the molecule is CC(C)(C)OC(=O)N1[C@@H]2C[C@@H](C[C@H]2OCC(=O)NS(C)(=O)=O)[C@H]1C(=O)N1CCC[C@H]1C#N. The summed E-state index contributed by atoms with van der Waals surface area (Å²) in [6.45, 7) is 5.17. The largest absolute Gasteiger partial charge is 0.444 e. The molecule has 32 heavy (non-hydrogen) atoms. The topological polar surface area (TPSA) is 146 Å². The van der Waals surface area contributed by atoms with Gasteiger partial charge in [-0.05, 0) is 52.4 Å². The minimum Gasteiger partial charge on any atom is -0.444 e. The zero-order chi connectivity index (χ0) is 23.8. The van der Waals surface area contributed by atoms with Gasteiger partial charge in [0, 0.05) is 6.54 Å². The molecule has 0 radical (unpaired) electrons. The number of nitriles is 1. The highest BCUT2D eigenvalue weighted by molar-refractivity contribution is 7.89. The fourth-order valence-electron chi connectivity index (χ4n) is 4.81. The van der Waals surface area contributed by atoms with Crippen molar-refractivity contribution in [3.63, 3.8) is 0 Å². The Hall–Kier alpha value is -2.39. The van der Waals surface area contributed by atoms with Crippen molar-refractivity contribution in [1.82, 2.24) is 14.5 Å². The number of hydrogen-bond donors (Lipinski definition) is 1. The van der Waals surface area contributed by atoms with Crippen LogP contribution in [-0.4, -0.2) is 85.4 Å². The van der Waals surface area contributed by atoms with E-state index in [0.717, 1.165) is 12.7 Å². The lowest BCUT2D eigenvalue weighted by Gasteiger charge is -2.40. The standard InChI is InChI=1S/C20H30N4O7S/c1-20(2,3)31-19(27)24-14-8-12(9-15(14)30-11-16(25)22-32(4,28)29)17(24)18(26)23-7-5-6-13(23)10-21/h12-15,17H,5-9,11H2,1-4H3,(H,22,25)/t12-,13-,14+,15+,17-/m0/s1. The van der Waals surface area contributed by atoms with Crippen LogP contribution in [0.4, 0.5) is 4.79 Å². The molecule has 3 amide bonds. The molecule has 178 valence electrons. The summed E-state index contributed by atoms with van der Waals surface area (Å²) in [5, 5.41) is 9.38. The molecular weight excluding hydrogens is 440 g/mol. The van der Waals surface area contributed by atoms with Crippen molar-refractivity contribution < 1.29 is 32.3 Å². The number of sulfonamides is 1. The maximum absolute atomic E-state index is 13.4. The van der Waals surface area contributed by atoms with Crippen molar-refractivity contribution in [2.75, 3.05) is 19.4 Å². The molecule has 11 nitrogen and oxygen atoms in total. The highest BCUT2D eigenvalue weighted by Crippen LogP contribution is 2.45. The van der Waals surface area contributed by atoms with Gasteiger partial charge in [0.25, 0.3) is 5.91 Å². The third-order valence-corrected chi connectivity index (χ3v) is 6.48. The zero-order valence-electron chi connectivity index (χ0n) is 18.7. The van der Waals surface area contributed by atoms with E-state index in [-0.39, 0.29) is 11.8 Å². The molecule has 0 spiro atoms. The predicted molar refractivity (Wildman–Crippen MR) is 111 cm³/mol. The Morgan fingerprint density at radius 3 is 2.50 bits per heavy atom. The summed E-state index contributed by atoms with van der Waals surface area (Å²) >= 11 is 0. The fraction of sp³-hybridized carbons (Fsp3) is 0.800. The van der Waals surface area contributed by atoms with E-state index in [2.05, 4.69) is 6.07 Å². The molecule has 1 saturated carbocycles. The zero-order valence-corrected chi connectivity index (χ0v) is 19.6. The van der Waals surface area contributed by atoms with E-state index in [1.54, 1.807) is 20.8 Å². The average molecular weight is 471 g/mol. The van der Waals surface area contributed by atoms with Gasteiger partial charge in [0.1, 0.15) is 24.3 Å². The molecule has 2 saturated heterocycles. The van der Waals surface area contributed by atoms with Crippen LogP contribution in [0, 0.1) is 17.2 Å². The maximum Gasteiger partial charge on any atom is 0.411 e. The molecule has 2 heterocycles. The molecule has 0 aromatic heterocycles. The van der Waals surface area contributed by atoms with Crippen LogP contribution in [0.3, 0.4) is 0 Å². The van der Waals surface area contributed by atoms with Gasteiger partial charge in [0.2, 0.25) is 15.9 Å². The fourth-order valence-corrected chi connectivity index (χ4v) is 5.29. The quantitative estimate of drug-likeness (QED) is 0.606. The lowest BCUT2D eigenvalue weighted by Crippen LogP contribution is -2.58. The van der Waals surface area contributed by atoms with Crippen molar-refractivity contribution in [2.45, 2.75) is 76.3 Å². The lowest BCUT2D eigenvalue weighted by atomic mass is 9.96. The summed E-state index contributed by atoms with van der Waals surface area (Å²) in [5.41, 5.74) is -0.777. The van der Waals surface area contributed by atoms with E-state index in [4.69, 9.17) is 9.47 Å². The second-order valence-corrected chi connectivity index (χ2v) is 11.3. The number of piperidine rings is 1. The molecule has 3 aliphatic rings. The number of fused-ring (bicyclic) bond motifs is 2. The van der Waals surface area contributed by atoms with Crippen LogP contribution in [0.25, 0.3) is 0 Å². The molecule has 1 N–H and O–H groups in total. The van der Waals surface area contributed by atoms with Gasteiger partial charge in [-0.3, -0.25) is 19.2 Å². The van der Waals surface area contributed by atoms with Crippen LogP contribution in [0.1, 0.15) is 46.5 Å². The van der Waals surface area contributed by atoms with Gasteiger partial charge in [-0.15, -0.1) is 0 Å². The summed E-state index contributed by atoms with van der Waals surface area (Å²) < 4.78 is 35.5. The van der Waals surface area contributed by atoms with Gasteiger partial charge in [0.15, 0.2) is 0 Å². The monoisotopic (exact) mass is 470 g/mol. The third-order valence-electron chi connectivity index (χ3n) is 5.88. The van der Waals surface area contributed by atoms with Crippen LogP contribution < -0.4 is 4.72 Å². The third kappa shape index (κ3) is 5.32. The first-order chi connectivity index (χ1) is 14.8.